The normalized spacial score (nSPS) is 14.3. The lowest BCUT2D eigenvalue weighted by Gasteiger charge is -2.34. The molecule has 7 nitrogen and oxygen atoms in total. The molecule has 1 aliphatic heterocycles. The van der Waals surface area contributed by atoms with Crippen LogP contribution in [0.3, 0.4) is 0 Å². The van der Waals surface area contributed by atoms with E-state index in [4.69, 9.17) is 4.74 Å². The first-order chi connectivity index (χ1) is 14.0. The highest BCUT2D eigenvalue weighted by Gasteiger charge is 2.24. The van der Waals surface area contributed by atoms with Gasteiger partial charge >= 0.3 is 0 Å². The maximum Gasteiger partial charge on any atom is 0.275 e. The molecule has 0 saturated carbocycles. The van der Waals surface area contributed by atoms with Gasteiger partial charge in [-0.1, -0.05) is 12.1 Å². The van der Waals surface area contributed by atoms with Gasteiger partial charge in [0.1, 0.15) is 11.6 Å². The van der Waals surface area contributed by atoms with E-state index in [1.165, 1.54) is 29.2 Å². The van der Waals surface area contributed by atoms with Gasteiger partial charge in [-0.2, -0.15) is 0 Å². The number of hydrogen-bond donors (Lipinski definition) is 3. The predicted molar refractivity (Wildman–Crippen MR) is 109 cm³/mol. The van der Waals surface area contributed by atoms with Crippen LogP contribution >= 0.6 is 0 Å². The summed E-state index contributed by atoms with van der Waals surface area (Å²) in [7, 11) is 1.66. The second kappa shape index (κ2) is 9.88. The Morgan fingerprint density at radius 2 is 1.76 bits per heavy atom. The number of quaternary nitrogens is 1. The smallest absolute Gasteiger partial charge is 0.275 e. The van der Waals surface area contributed by atoms with Crippen molar-refractivity contribution >= 4 is 23.2 Å². The van der Waals surface area contributed by atoms with E-state index >= 15 is 0 Å². The molecule has 0 aromatic heterocycles. The lowest BCUT2D eigenvalue weighted by Crippen LogP contribution is -3.16. The van der Waals surface area contributed by atoms with Gasteiger partial charge < -0.3 is 25.2 Å². The number of hydrogen-bond acceptors (Lipinski definition) is 4. The molecule has 0 unspecified atom stereocenters. The average Bonchev–Trinajstić information content (AvgIpc) is 2.74. The quantitative estimate of drug-likeness (QED) is 0.624. The minimum Gasteiger partial charge on any atom is -0.495 e. The van der Waals surface area contributed by atoms with Crippen LogP contribution in [0.25, 0.3) is 0 Å². The zero-order chi connectivity index (χ0) is 20.6. The molecule has 1 aliphatic rings. The number of rotatable bonds is 7. The Bertz CT molecular complexity index is 836. The number of nitrogens with zero attached hydrogens (tertiary/aromatic N) is 1. The number of carbonyl (C=O) groups is 2. The van der Waals surface area contributed by atoms with Gasteiger partial charge in [0.2, 0.25) is 5.91 Å². The Kier molecular flexibility index (Phi) is 7.02. The van der Waals surface area contributed by atoms with Crippen LogP contribution < -0.4 is 25.2 Å². The molecule has 2 amide bonds. The summed E-state index contributed by atoms with van der Waals surface area (Å²) in [4.78, 5) is 27.5. The number of amides is 2. The Morgan fingerprint density at radius 1 is 1.07 bits per heavy atom. The van der Waals surface area contributed by atoms with E-state index in [2.05, 4.69) is 15.5 Å². The van der Waals surface area contributed by atoms with Crippen LogP contribution in [0, 0.1) is 5.82 Å². The molecule has 0 bridgehead atoms. The van der Waals surface area contributed by atoms with E-state index in [0.29, 0.717) is 12.2 Å². The molecule has 3 N–H and O–H groups in total. The number of piperazine rings is 1. The first-order valence-electron chi connectivity index (χ1n) is 9.59. The molecule has 0 aliphatic carbocycles. The number of nitrogens with one attached hydrogen (secondary N) is 3. The van der Waals surface area contributed by atoms with Gasteiger partial charge in [0, 0.05) is 5.69 Å². The highest BCUT2D eigenvalue weighted by atomic mass is 19.1. The fraction of sp³-hybridized carbons (Fsp3) is 0.333. The van der Waals surface area contributed by atoms with E-state index < -0.39 is 0 Å². The van der Waals surface area contributed by atoms with Gasteiger partial charge in [0.05, 0.1) is 45.5 Å². The highest BCUT2D eigenvalue weighted by Crippen LogP contribution is 2.27. The van der Waals surface area contributed by atoms with Crippen molar-refractivity contribution in [1.82, 2.24) is 5.32 Å². The topological polar surface area (TPSA) is 75.1 Å². The van der Waals surface area contributed by atoms with Crippen molar-refractivity contribution < 1.29 is 23.6 Å². The number of benzene rings is 2. The molecule has 0 radical (unpaired) electrons. The Hall–Kier alpha value is -3.13. The molecular weight excluding hydrogens is 375 g/mol. The first-order valence-corrected chi connectivity index (χ1v) is 9.59. The van der Waals surface area contributed by atoms with Gasteiger partial charge in [-0.3, -0.25) is 9.59 Å². The lowest BCUT2D eigenvalue weighted by molar-refractivity contribution is -0.892. The largest absolute Gasteiger partial charge is 0.495 e. The summed E-state index contributed by atoms with van der Waals surface area (Å²) in [6.07, 6.45) is 0. The molecule has 3 rings (SSSR count). The molecule has 2 aromatic rings. The summed E-state index contributed by atoms with van der Waals surface area (Å²) in [5, 5.41) is 5.26. The van der Waals surface area contributed by atoms with Crippen LogP contribution in [0.15, 0.2) is 48.5 Å². The molecule has 2 aromatic carbocycles. The van der Waals surface area contributed by atoms with Gasteiger partial charge in [-0.15, -0.1) is 0 Å². The maximum absolute atomic E-state index is 12.9. The standard InChI is InChI=1S/C21H25FN4O3/c1-29-19-5-3-2-4-18(19)26-12-10-25(11-13-26)15-21(28)23-14-20(27)24-17-8-6-16(22)7-9-17/h2-9H,10-15H2,1H3,(H,23,28)(H,24,27)/p+1. The van der Waals surface area contributed by atoms with Crippen molar-refractivity contribution in [3.63, 3.8) is 0 Å². The monoisotopic (exact) mass is 401 g/mol. The van der Waals surface area contributed by atoms with E-state index in [1.807, 2.05) is 24.3 Å². The van der Waals surface area contributed by atoms with Crippen LogP contribution in [0.5, 0.6) is 5.75 Å². The van der Waals surface area contributed by atoms with Crippen molar-refractivity contribution in [3.05, 3.63) is 54.3 Å². The van der Waals surface area contributed by atoms with Gasteiger partial charge in [-0.05, 0) is 36.4 Å². The van der Waals surface area contributed by atoms with Crippen molar-refractivity contribution in [1.29, 1.82) is 0 Å². The Morgan fingerprint density at radius 3 is 2.45 bits per heavy atom. The molecule has 29 heavy (non-hydrogen) atoms. The number of carbonyl (C=O) groups excluding carboxylic acids is 2. The summed E-state index contributed by atoms with van der Waals surface area (Å²) in [6, 6.07) is 13.4. The third-order valence-corrected chi connectivity index (χ3v) is 4.88. The van der Waals surface area contributed by atoms with Crippen LogP contribution in [0.1, 0.15) is 0 Å². The summed E-state index contributed by atoms with van der Waals surface area (Å²) < 4.78 is 18.3. The summed E-state index contributed by atoms with van der Waals surface area (Å²) in [6.45, 7) is 3.52. The predicted octanol–water partition coefficient (Wildman–Crippen LogP) is 0.294. The number of ether oxygens (including phenoxy) is 1. The highest BCUT2D eigenvalue weighted by molar-refractivity contribution is 5.94. The SMILES string of the molecule is COc1ccccc1N1CC[NH+](CC(=O)NCC(=O)Nc2ccc(F)cc2)CC1. The number of halogens is 1. The lowest BCUT2D eigenvalue weighted by atomic mass is 10.2. The van der Waals surface area contributed by atoms with Crippen LogP contribution in [0.4, 0.5) is 15.8 Å². The second-order valence-electron chi connectivity index (χ2n) is 6.92. The molecular formula is C21H26FN4O3+. The number of anilines is 2. The molecule has 154 valence electrons. The van der Waals surface area contributed by atoms with E-state index in [0.717, 1.165) is 37.6 Å². The molecule has 1 heterocycles. The minimum atomic E-state index is -0.370. The summed E-state index contributed by atoms with van der Waals surface area (Å²) in [5.41, 5.74) is 1.56. The fourth-order valence-corrected chi connectivity index (χ4v) is 3.34. The molecule has 8 heteroatoms. The number of methoxy groups -OCH3 is 1. The summed E-state index contributed by atoms with van der Waals surface area (Å²) in [5.74, 6) is -0.0353. The molecule has 1 fully saturated rings. The van der Waals surface area contributed by atoms with E-state index in [9.17, 15) is 14.0 Å². The second-order valence-corrected chi connectivity index (χ2v) is 6.92. The van der Waals surface area contributed by atoms with Crippen molar-refractivity contribution in [3.8, 4) is 5.75 Å². The molecule has 0 atom stereocenters. The van der Waals surface area contributed by atoms with Crippen LogP contribution in [-0.4, -0.2) is 58.2 Å². The van der Waals surface area contributed by atoms with Crippen LogP contribution in [-0.2, 0) is 9.59 Å². The van der Waals surface area contributed by atoms with Gasteiger partial charge in [-0.25, -0.2) is 4.39 Å². The fourth-order valence-electron chi connectivity index (χ4n) is 3.34. The zero-order valence-electron chi connectivity index (χ0n) is 16.4. The van der Waals surface area contributed by atoms with E-state index in [-0.39, 0.29) is 24.2 Å². The van der Waals surface area contributed by atoms with Crippen molar-refractivity contribution in [2.75, 3.05) is 56.6 Å². The van der Waals surface area contributed by atoms with Crippen molar-refractivity contribution in [2.24, 2.45) is 0 Å². The van der Waals surface area contributed by atoms with Gasteiger partial charge in [0.25, 0.3) is 5.91 Å². The van der Waals surface area contributed by atoms with Crippen molar-refractivity contribution in [2.45, 2.75) is 0 Å². The molecule has 0 spiro atoms. The Labute approximate surface area is 169 Å². The first kappa shape index (κ1) is 20.6. The summed E-state index contributed by atoms with van der Waals surface area (Å²) >= 11 is 0. The third-order valence-electron chi connectivity index (χ3n) is 4.88. The average molecular weight is 401 g/mol. The van der Waals surface area contributed by atoms with Crippen LogP contribution in [0.2, 0.25) is 0 Å². The van der Waals surface area contributed by atoms with Gasteiger partial charge in [0.15, 0.2) is 6.54 Å². The maximum atomic E-state index is 12.9. The minimum absolute atomic E-state index is 0.114. The number of para-hydroxylation sites is 2. The third kappa shape index (κ3) is 5.92. The zero-order valence-corrected chi connectivity index (χ0v) is 16.4. The van der Waals surface area contributed by atoms with E-state index in [1.54, 1.807) is 7.11 Å². The molecule has 1 saturated heterocycles. The Balaban J connectivity index is 1.39.